The van der Waals surface area contributed by atoms with Gasteiger partial charge in [-0.15, -0.1) is 0 Å². The molecule has 1 heterocycles. The summed E-state index contributed by atoms with van der Waals surface area (Å²) in [6.45, 7) is 0. The molecule has 0 saturated carbocycles. The monoisotopic (exact) mass is 405 g/mol. The van der Waals surface area contributed by atoms with Gasteiger partial charge >= 0.3 is 41.5 Å². The van der Waals surface area contributed by atoms with Gasteiger partial charge in [-0.05, 0) is 11.6 Å². The molecule has 0 aliphatic carbocycles. The van der Waals surface area contributed by atoms with Crippen LogP contribution in [0.2, 0.25) is 0 Å². The Morgan fingerprint density at radius 2 is 1.25 bits per heavy atom. The first-order chi connectivity index (χ1) is 10.2. The highest BCUT2D eigenvalue weighted by molar-refractivity contribution is 6.22. The maximum Gasteiger partial charge on any atom is 0.464 e. The van der Waals surface area contributed by atoms with Crippen molar-refractivity contribution >= 4 is 17.7 Å². The van der Waals surface area contributed by atoms with E-state index in [1.807, 2.05) is 0 Å². The minimum absolute atomic E-state index is 0.310. The number of halogens is 12. The summed E-state index contributed by atoms with van der Waals surface area (Å²) in [6, 6.07) is 0. The molecule has 16 heteroatoms. The summed E-state index contributed by atoms with van der Waals surface area (Å²) in [7, 11) is -0.310. The molecule has 1 rings (SSSR count). The third-order valence-corrected chi connectivity index (χ3v) is 3.03. The van der Waals surface area contributed by atoms with E-state index in [2.05, 4.69) is 21.1 Å². The number of hydrogen-bond acceptors (Lipinski definition) is 3. The molecule has 1 atom stereocenters. The van der Waals surface area contributed by atoms with Gasteiger partial charge in [0.1, 0.15) is 0 Å². The summed E-state index contributed by atoms with van der Waals surface area (Å²) in [6.07, 6.45) is -23.5. The first-order valence-electron chi connectivity index (χ1n) is 5.18. The first kappa shape index (κ1) is 20.8. The molecule has 1 unspecified atom stereocenters. The average molecular weight is 406 g/mol. The molecule has 0 aromatic rings. The lowest BCUT2D eigenvalue weighted by molar-refractivity contribution is -0.528. The van der Waals surface area contributed by atoms with Crippen molar-refractivity contribution in [2.75, 3.05) is 7.05 Å². The van der Waals surface area contributed by atoms with Gasteiger partial charge in [0.05, 0.1) is 0 Å². The molecule has 0 radical (unpaired) electrons. The van der Waals surface area contributed by atoms with E-state index in [1.54, 1.807) is 0 Å². The highest BCUT2D eigenvalue weighted by Crippen LogP contribution is 2.59. The standard InChI is InChI=1S/C8H3ClF11NO3/c1-21-2(22)23-4(5(9,10)11,8(18,19)20)24-3(21,6(12,13)14)7(15,16)17/h1H3. The van der Waals surface area contributed by atoms with Crippen molar-refractivity contribution in [1.29, 1.82) is 0 Å². The third-order valence-electron chi connectivity index (χ3n) is 2.78. The van der Waals surface area contributed by atoms with Crippen LogP contribution in [-0.2, 0) is 9.47 Å². The lowest BCUT2D eigenvalue weighted by atomic mass is 10.1. The number of carbonyl (C=O) groups excluding carboxylic acids is 1. The number of ether oxygens (including phenoxy) is 2. The Kier molecular flexibility index (Phi) is 4.44. The molecule has 1 aliphatic heterocycles. The molecule has 0 aromatic heterocycles. The smallest absolute Gasteiger partial charge is 0.400 e. The van der Waals surface area contributed by atoms with Crippen LogP contribution in [-0.4, -0.2) is 53.5 Å². The van der Waals surface area contributed by atoms with Crippen molar-refractivity contribution in [3.05, 3.63) is 0 Å². The van der Waals surface area contributed by atoms with E-state index >= 15 is 0 Å². The van der Waals surface area contributed by atoms with Crippen molar-refractivity contribution in [3.63, 3.8) is 0 Å². The Balaban J connectivity index is 3.84. The average Bonchev–Trinajstić information content (AvgIpc) is 2.25. The topological polar surface area (TPSA) is 38.8 Å². The summed E-state index contributed by atoms with van der Waals surface area (Å²) in [4.78, 5) is 9.66. The summed E-state index contributed by atoms with van der Waals surface area (Å²) < 4.78 is 148. The van der Waals surface area contributed by atoms with Gasteiger partial charge in [-0.25, -0.2) is 4.79 Å². The number of cyclic esters (lactones) is 1. The van der Waals surface area contributed by atoms with Crippen molar-refractivity contribution in [2.24, 2.45) is 0 Å². The SMILES string of the molecule is CN1C(=O)OC(C(F)(F)F)(C(F)(F)Cl)OC1(C(F)(F)F)C(F)(F)F. The zero-order valence-electron chi connectivity index (χ0n) is 10.7. The second-order valence-corrected chi connectivity index (χ2v) is 4.76. The molecule has 4 nitrogen and oxygen atoms in total. The molecular weight excluding hydrogens is 403 g/mol. The molecule has 0 bridgehead atoms. The minimum Gasteiger partial charge on any atom is -0.400 e. The minimum atomic E-state index is -6.82. The fraction of sp³-hybridized carbons (Fsp3) is 0.875. The van der Waals surface area contributed by atoms with Crippen LogP contribution >= 0.6 is 11.6 Å². The number of hydrogen-bond donors (Lipinski definition) is 0. The van der Waals surface area contributed by atoms with Crippen molar-refractivity contribution < 1.29 is 62.6 Å². The van der Waals surface area contributed by atoms with Gasteiger partial charge in [0.15, 0.2) is 0 Å². The number of nitrogens with zero attached hydrogens (tertiary/aromatic N) is 1. The maximum atomic E-state index is 13.1. The summed E-state index contributed by atoms with van der Waals surface area (Å²) >= 11 is 3.99. The van der Waals surface area contributed by atoms with E-state index in [0.29, 0.717) is 0 Å². The molecule has 1 saturated heterocycles. The summed E-state index contributed by atoms with van der Waals surface area (Å²) in [5.74, 6) is -6.05. The number of amides is 1. The van der Waals surface area contributed by atoms with E-state index < -0.39 is 46.4 Å². The van der Waals surface area contributed by atoms with Gasteiger partial charge in [-0.2, -0.15) is 48.3 Å². The van der Waals surface area contributed by atoms with Gasteiger partial charge in [-0.3, -0.25) is 9.64 Å². The van der Waals surface area contributed by atoms with Crippen LogP contribution in [0.25, 0.3) is 0 Å². The van der Waals surface area contributed by atoms with E-state index in [1.165, 1.54) is 0 Å². The Hall–Kier alpha value is -1.25. The number of rotatable bonds is 1. The molecule has 1 fully saturated rings. The molecule has 142 valence electrons. The van der Waals surface area contributed by atoms with E-state index in [-0.39, 0.29) is 7.05 Å². The van der Waals surface area contributed by atoms with Gasteiger partial charge < -0.3 is 4.74 Å². The van der Waals surface area contributed by atoms with Crippen molar-refractivity contribution in [3.8, 4) is 0 Å². The van der Waals surface area contributed by atoms with E-state index in [0.717, 1.165) is 0 Å². The Labute approximate surface area is 129 Å². The van der Waals surface area contributed by atoms with Gasteiger partial charge in [-0.1, -0.05) is 0 Å². The van der Waals surface area contributed by atoms with Crippen LogP contribution in [0.1, 0.15) is 0 Å². The Morgan fingerprint density at radius 3 is 1.50 bits per heavy atom. The van der Waals surface area contributed by atoms with Crippen LogP contribution in [0.15, 0.2) is 0 Å². The van der Waals surface area contributed by atoms with E-state index in [9.17, 15) is 53.1 Å². The largest absolute Gasteiger partial charge is 0.464 e. The Morgan fingerprint density at radius 1 is 0.875 bits per heavy atom. The molecule has 0 aromatic carbocycles. The van der Waals surface area contributed by atoms with Gasteiger partial charge in [0, 0.05) is 7.05 Å². The molecule has 0 spiro atoms. The number of alkyl halides is 12. The fourth-order valence-electron chi connectivity index (χ4n) is 1.67. The predicted molar refractivity (Wildman–Crippen MR) is 49.8 cm³/mol. The molecule has 24 heavy (non-hydrogen) atoms. The van der Waals surface area contributed by atoms with Crippen LogP contribution in [0.5, 0.6) is 0 Å². The maximum absolute atomic E-state index is 13.1. The Bertz CT molecular complexity index is 491. The fourth-order valence-corrected chi connectivity index (χ4v) is 1.85. The number of carbonyl (C=O) groups is 1. The quantitative estimate of drug-likeness (QED) is 0.489. The second kappa shape index (κ2) is 5.12. The lowest BCUT2D eigenvalue weighted by Crippen LogP contribution is -2.80. The molecule has 0 N–H and O–H groups in total. The second-order valence-electron chi connectivity index (χ2n) is 4.28. The zero-order valence-corrected chi connectivity index (χ0v) is 11.5. The van der Waals surface area contributed by atoms with Crippen LogP contribution < -0.4 is 0 Å². The highest BCUT2D eigenvalue weighted by atomic mass is 35.5. The summed E-state index contributed by atoms with van der Waals surface area (Å²) in [5.41, 5.74) is -6.09. The predicted octanol–water partition coefficient (Wildman–Crippen LogP) is 4.00. The lowest BCUT2D eigenvalue weighted by Gasteiger charge is -2.52. The zero-order chi connectivity index (χ0) is 19.6. The highest BCUT2D eigenvalue weighted by Gasteiger charge is 2.88. The van der Waals surface area contributed by atoms with E-state index in [4.69, 9.17) is 0 Å². The van der Waals surface area contributed by atoms with Crippen molar-refractivity contribution in [2.45, 2.75) is 35.4 Å². The van der Waals surface area contributed by atoms with Crippen LogP contribution in [0.4, 0.5) is 53.1 Å². The molecule has 1 aliphatic rings. The summed E-state index contributed by atoms with van der Waals surface area (Å²) in [5, 5.41) is -6.04. The normalized spacial score (nSPS) is 26.4. The molecule has 1 amide bonds. The first-order valence-corrected chi connectivity index (χ1v) is 5.56. The van der Waals surface area contributed by atoms with Crippen molar-refractivity contribution in [1.82, 2.24) is 4.90 Å². The molecular formula is C8H3ClF11NO3. The van der Waals surface area contributed by atoms with Gasteiger partial charge in [0.2, 0.25) is 0 Å². The van der Waals surface area contributed by atoms with Crippen LogP contribution in [0, 0.1) is 0 Å². The van der Waals surface area contributed by atoms with Crippen LogP contribution in [0.3, 0.4) is 0 Å². The van der Waals surface area contributed by atoms with Gasteiger partial charge in [0.25, 0.3) is 0 Å². The third kappa shape index (κ3) is 2.60.